The molecule has 0 spiro atoms. The van der Waals surface area contributed by atoms with Crippen molar-refractivity contribution in [2.24, 2.45) is 5.92 Å². The van der Waals surface area contributed by atoms with E-state index in [-0.39, 0.29) is 22.9 Å². The summed E-state index contributed by atoms with van der Waals surface area (Å²) in [6.07, 6.45) is 7.32. The van der Waals surface area contributed by atoms with Crippen LogP contribution in [-0.4, -0.2) is 50.5 Å². The summed E-state index contributed by atoms with van der Waals surface area (Å²) in [5.74, 6) is 0.425. The molecule has 0 unspecified atom stereocenters. The zero-order chi connectivity index (χ0) is 18.9. The summed E-state index contributed by atoms with van der Waals surface area (Å²) in [6.45, 7) is 1.85. The lowest BCUT2D eigenvalue weighted by atomic mass is 10.1. The average Bonchev–Trinajstić information content (AvgIpc) is 3.46. The molecule has 2 heterocycles. The molecule has 1 amide bonds. The van der Waals surface area contributed by atoms with Crippen LogP contribution in [0.4, 0.5) is 0 Å². The van der Waals surface area contributed by atoms with E-state index in [9.17, 15) is 13.2 Å². The summed E-state index contributed by atoms with van der Waals surface area (Å²) in [5, 5.41) is 3.07. The number of rotatable bonds is 5. The van der Waals surface area contributed by atoms with Crippen molar-refractivity contribution in [1.82, 2.24) is 9.62 Å². The van der Waals surface area contributed by atoms with Gasteiger partial charge >= 0.3 is 0 Å². The molecule has 1 aromatic carbocycles. The molecular weight excluding hydrogens is 364 g/mol. The Morgan fingerprint density at radius 2 is 1.67 bits per heavy atom. The van der Waals surface area contributed by atoms with E-state index in [2.05, 4.69) is 5.32 Å². The van der Waals surface area contributed by atoms with E-state index in [4.69, 9.17) is 4.74 Å². The number of benzene rings is 1. The van der Waals surface area contributed by atoms with Crippen molar-refractivity contribution in [2.75, 3.05) is 19.7 Å². The van der Waals surface area contributed by atoms with Gasteiger partial charge in [0.2, 0.25) is 10.0 Å². The molecule has 4 rings (SSSR count). The first-order valence-corrected chi connectivity index (χ1v) is 11.5. The smallest absolute Gasteiger partial charge is 0.251 e. The van der Waals surface area contributed by atoms with Crippen molar-refractivity contribution in [3.05, 3.63) is 29.8 Å². The Balaban J connectivity index is 1.42. The maximum absolute atomic E-state index is 12.8. The first-order chi connectivity index (χ1) is 13.1. The van der Waals surface area contributed by atoms with Gasteiger partial charge in [0, 0.05) is 25.3 Å². The Morgan fingerprint density at radius 1 is 1.00 bits per heavy atom. The van der Waals surface area contributed by atoms with Crippen molar-refractivity contribution in [2.45, 2.75) is 62.0 Å². The second-order valence-electron chi connectivity index (χ2n) is 7.88. The Morgan fingerprint density at radius 3 is 2.30 bits per heavy atom. The van der Waals surface area contributed by atoms with Gasteiger partial charge in [-0.1, -0.05) is 12.8 Å². The number of ether oxygens (including phenoxy) is 1. The number of carbonyl (C=O) groups excluding carboxylic acids is 1. The number of hydrogen-bond donors (Lipinski definition) is 1. The van der Waals surface area contributed by atoms with Crippen LogP contribution in [-0.2, 0) is 14.8 Å². The van der Waals surface area contributed by atoms with Crippen LogP contribution in [0.15, 0.2) is 29.2 Å². The highest BCUT2D eigenvalue weighted by Gasteiger charge is 2.41. The van der Waals surface area contributed by atoms with Gasteiger partial charge in [-0.2, -0.15) is 4.31 Å². The molecule has 2 saturated heterocycles. The lowest BCUT2D eigenvalue weighted by Crippen LogP contribution is -2.41. The van der Waals surface area contributed by atoms with Gasteiger partial charge in [0.25, 0.3) is 5.91 Å². The lowest BCUT2D eigenvalue weighted by molar-refractivity contribution is 0.0729. The molecule has 2 aliphatic heterocycles. The summed E-state index contributed by atoms with van der Waals surface area (Å²) in [7, 11) is -3.48. The molecule has 3 aliphatic rings. The molecule has 1 N–H and O–H groups in total. The van der Waals surface area contributed by atoms with Crippen LogP contribution in [0.25, 0.3) is 0 Å². The van der Waals surface area contributed by atoms with E-state index in [0.717, 1.165) is 32.1 Å². The van der Waals surface area contributed by atoms with Crippen LogP contribution >= 0.6 is 0 Å². The molecule has 3 fully saturated rings. The summed E-state index contributed by atoms with van der Waals surface area (Å²) in [5.41, 5.74) is 0.492. The fraction of sp³-hybridized carbons (Fsp3) is 0.650. The fourth-order valence-electron chi connectivity index (χ4n) is 4.12. The predicted octanol–water partition coefficient (Wildman–Crippen LogP) is 2.55. The number of carbonyl (C=O) groups is 1. The maximum atomic E-state index is 12.8. The molecule has 148 valence electrons. The summed E-state index contributed by atoms with van der Waals surface area (Å²) >= 11 is 0. The molecular formula is C20H28N2O4S. The average molecular weight is 393 g/mol. The summed E-state index contributed by atoms with van der Waals surface area (Å²) in [6, 6.07) is 6.40. The number of sulfonamides is 1. The van der Waals surface area contributed by atoms with Gasteiger partial charge in [-0.05, 0) is 62.3 Å². The minimum Gasteiger partial charge on any atom is -0.376 e. The molecule has 1 aliphatic carbocycles. The third kappa shape index (κ3) is 4.20. The van der Waals surface area contributed by atoms with Crippen LogP contribution in [0.5, 0.6) is 0 Å². The van der Waals surface area contributed by atoms with Crippen LogP contribution in [0.1, 0.15) is 55.3 Å². The van der Waals surface area contributed by atoms with E-state index in [1.807, 2.05) is 0 Å². The molecule has 0 bridgehead atoms. The van der Waals surface area contributed by atoms with Gasteiger partial charge < -0.3 is 10.1 Å². The Hall–Kier alpha value is -1.44. The number of amides is 1. The highest BCUT2D eigenvalue weighted by Crippen LogP contribution is 2.38. The van der Waals surface area contributed by atoms with E-state index in [0.29, 0.717) is 31.2 Å². The Kier molecular flexibility index (Phi) is 5.53. The largest absolute Gasteiger partial charge is 0.376 e. The van der Waals surface area contributed by atoms with Gasteiger partial charge in [-0.15, -0.1) is 0 Å². The van der Waals surface area contributed by atoms with E-state index >= 15 is 0 Å². The normalized spacial score (nSPS) is 27.3. The minimum absolute atomic E-state index is 0.0607. The van der Waals surface area contributed by atoms with Crippen molar-refractivity contribution < 1.29 is 17.9 Å². The molecule has 0 radical (unpaired) electrons. The molecule has 0 aromatic heterocycles. The van der Waals surface area contributed by atoms with Crippen molar-refractivity contribution >= 4 is 15.9 Å². The number of hydrogen-bond acceptors (Lipinski definition) is 4. The van der Waals surface area contributed by atoms with Crippen LogP contribution < -0.4 is 5.32 Å². The second-order valence-corrected chi connectivity index (χ2v) is 9.82. The standard InChI is InChI=1S/C20H28N2O4S/c23-20(21-18-11-14-26-19(18)15-5-6-15)16-7-9-17(10-8-16)27(24,25)22-12-3-1-2-4-13-22/h7-10,15,18-19H,1-6,11-14H2,(H,21,23)/t18-,19+/m0/s1. The Bertz CT molecular complexity index is 766. The van der Waals surface area contributed by atoms with E-state index < -0.39 is 10.0 Å². The third-order valence-electron chi connectivity index (χ3n) is 5.86. The molecule has 6 nitrogen and oxygen atoms in total. The molecule has 2 atom stereocenters. The maximum Gasteiger partial charge on any atom is 0.251 e. The molecule has 27 heavy (non-hydrogen) atoms. The summed E-state index contributed by atoms with van der Waals surface area (Å²) < 4.78 is 33.0. The van der Waals surface area contributed by atoms with Crippen molar-refractivity contribution in [3.8, 4) is 0 Å². The zero-order valence-electron chi connectivity index (χ0n) is 15.6. The SMILES string of the molecule is O=C(N[C@H]1CCO[C@@H]1C1CC1)c1ccc(S(=O)(=O)N2CCCCCC2)cc1. The quantitative estimate of drug-likeness (QED) is 0.836. The monoisotopic (exact) mass is 392 g/mol. The van der Waals surface area contributed by atoms with Crippen LogP contribution in [0.3, 0.4) is 0 Å². The van der Waals surface area contributed by atoms with Gasteiger partial charge in [-0.3, -0.25) is 4.79 Å². The van der Waals surface area contributed by atoms with Crippen molar-refractivity contribution in [1.29, 1.82) is 0 Å². The predicted molar refractivity (Wildman–Crippen MR) is 102 cm³/mol. The Labute approximate surface area is 161 Å². The minimum atomic E-state index is -3.48. The van der Waals surface area contributed by atoms with Gasteiger partial charge in [0.05, 0.1) is 17.0 Å². The first kappa shape index (κ1) is 18.9. The first-order valence-electron chi connectivity index (χ1n) is 10.1. The third-order valence-corrected chi connectivity index (χ3v) is 7.77. The van der Waals surface area contributed by atoms with Crippen molar-refractivity contribution in [3.63, 3.8) is 0 Å². The second kappa shape index (κ2) is 7.89. The highest BCUT2D eigenvalue weighted by molar-refractivity contribution is 7.89. The van der Waals surface area contributed by atoms with E-state index in [1.54, 1.807) is 28.6 Å². The molecule has 1 saturated carbocycles. The summed E-state index contributed by atoms with van der Waals surface area (Å²) in [4.78, 5) is 12.8. The molecule has 7 heteroatoms. The topological polar surface area (TPSA) is 75.7 Å². The zero-order valence-corrected chi connectivity index (χ0v) is 16.4. The van der Waals surface area contributed by atoms with Gasteiger partial charge in [-0.25, -0.2) is 8.42 Å². The van der Waals surface area contributed by atoms with Crippen LogP contribution in [0.2, 0.25) is 0 Å². The lowest BCUT2D eigenvalue weighted by Gasteiger charge is -2.21. The molecule has 1 aromatic rings. The fourth-order valence-corrected chi connectivity index (χ4v) is 5.63. The van der Waals surface area contributed by atoms with E-state index in [1.165, 1.54) is 12.8 Å². The number of nitrogens with one attached hydrogen (secondary N) is 1. The van der Waals surface area contributed by atoms with Crippen LogP contribution in [0, 0.1) is 5.92 Å². The highest BCUT2D eigenvalue weighted by atomic mass is 32.2. The number of nitrogens with zero attached hydrogens (tertiary/aromatic N) is 1. The van der Waals surface area contributed by atoms with Gasteiger partial charge in [0.15, 0.2) is 0 Å². The van der Waals surface area contributed by atoms with Gasteiger partial charge in [0.1, 0.15) is 0 Å².